The summed E-state index contributed by atoms with van der Waals surface area (Å²) in [7, 11) is 0. The molecule has 0 aliphatic carbocycles. The minimum Gasteiger partial charge on any atom is -0.316 e. The summed E-state index contributed by atoms with van der Waals surface area (Å²) in [5.74, 6) is 1.80. The van der Waals surface area contributed by atoms with E-state index < -0.39 is 0 Å². The molecule has 1 fully saturated rings. The fourth-order valence-corrected chi connectivity index (χ4v) is 1.33. The average molecular weight is 169 g/mol. The van der Waals surface area contributed by atoms with Crippen LogP contribution >= 0.6 is 0 Å². The van der Waals surface area contributed by atoms with Crippen LogP contribution in [0.3, 0.4) is 0 Å². The number of carbonyl (C=O) groups excluding carboxylic acids is 1. The third kappa shape index (κ3) is 2.31. The van der Waals surface area contributed by atoms with Crippen molar-refractivity contribution in [3.63, 3.8) is 0 Å². The Morgan fingerprint density at radius 3 is 2.33 bits per heavy atom. The van der Waals surface area contributed by atoms with Crippen molar-refractivity contribution in [3.05, 3.63) is 0 Å². The molecule has 12 heavy (non-hydrogen) atoms. The predicted molar refractivity (Wildman–Crippen MR) is 50.0 cm³/mol. The van der Waals surface area contributed by atoms with Crippen molar-refractivity contribution >= 4 is 5.78 Å². The molecule has 1 aliphatic heterocycles. The van der Waals surface area contributed by atoms with Crippen molar-refractivity contribution in [2.75, 3.05) is 13.1 Å². The highest BCUT2D eigenvalue weighted by molar-refractivity contribution is 5.81. The van der Waals surface area contributed by atoms with Crippen LogP contribution in [0.2, 0.25) is 0 Å². The number of hydrogen-bond donors (Lipinski definition) is 1. The summed E-state index contributed by atoms with van der Waals surface area (Å²) in [6, 6.07) is 0. The largest absolute Gasteiger partial charge is 0.316 e. The maximum atomic E-state index is 11.6. The summed E-state index contributed by atoms with van der Waals surface area (Å²) in [6.45, 7) is 8.34. The molecule has 0 aromatic carbocycles. The summed E-state index contributed by atoms with van der Waals surface area (Å²) >= 11 is 0. The summed E-state index contributed by atoms with van der Waals surface area (Å²) in [5.41, 5.74) is 0. The van der Waals surface area contributed by atoms with Gasteiger partial charge in [0.15, 0.2) is 0 Å². The summed E-state index contributed by atoms with van der Waals surface area (Å²) in [4.78, 5) is 11.6. The second-order valence-corrected chi connectivity index (χ2v) is 4.23. The maximum absolute atomic E-state index is 11.6. The summed E-state index contributed by atoms with van der Waals surface area (Å²) in [6.07, 6.45) is 0.784. The van der Waals surface area contributed by atoms with Gasteiger partial charge in [0.25, 0.3) is 0 Å². The molecule has 0 unspecified atom stereocenters. The molecule has 0 aromatic rings. The van der Waals surface area contributed by atoms with Crippen LogP contribution < -0.4 is 5.32 Å². The van der Waals surface area contributed by atoms with Gasteiger partial charge in [-0.1, -0.05) is 20.8 Å². The third-order valence-corrected chi connectivity index (χ3v) is 2.86. The second-order valence-electron chi connectivity index (χ2n) is 4.23. The first-order valence-corrected chi connectivity index (χ1v) is 4.84. The molecule has 1 atom stereocenters. The van der Waals surface area contributed by atoms with Gasteiger partial charge in [-0.15, -0.1) is 0 Å². The van der Waals surface area contributed by atoms with Crippen LogP contribution in [0.15, 0.2) is 0 Å². The number of hydrogen-bond acceptors (Lipinski definition) is 2. The normalized spacial score (nSPS) is 20.7. The van der Waals surface area contributed by atoms with Gasteiger partial charge in [-0.3, -0.25) is 4.79 Å². The smallest absolute Gasteiger partial charge is 0.136 e. The molecule has 0 spiro atoms. The topological polar surface area (TPSA) is 29.1 Å². The van der Waals surface area contributed by atoms with Gasteiger partial charge in [-0.05, 0) is 24.9 Å². The fraction of sp³-hybridized carbons (Fsp3) is 0.900. The van der Waals surface area contributed by atoms with Crippen molar-refractivity contribution < 1.29 is 4.79 Å². The van der Waals surface area contributed by atoms with Crippen molar-refractivity contribution in [2.45, 2.75) is 27.2 Å². The molecule has 70 valence electrons. The van der Waals surface area contributed by atoms with Gasteiger partial charge in [0.2, 0.25) is 0 Å². The van der Waals surface area contributed by atoms with Gasteiger partial charge in [-0.2, -0.15) is 0 Å². The Bertz CT molecular complexity index is 161. The van der Waals surface area contributed by atoms with E-state index in [-0.39, 0.29) is 5.92 Å². The van der Waals surface area contributed by atoms with Gasteiger partial charge in [-0.25, -0.2) is 0 Å². The molecule has 1 N–H and O–H groups in total. The SMILES string of the molecule is CC(C)[C@@H](C)C(=O)CC1CNC1. The molecule has 0 aromatic heterocycles. The zero-order valence-electron chi connectivity index (χ0n) is 8.26. The monoisotopic (exact) mass is 169 g/mol. The molecule has 1 rings (SSSR count). The van der Waals surface area contributed by atoms with Crippen LogP contribution in [0.5, 0.6) is 0 Å². The van der Waals surface area contributed by atoms with Crippen LogP contribution in [0, 0.1) is 17.8 Å². The molecule has 0 amide bonds. The lowest BCUT2D eigenvalue weighted by Gasteiger charge is -2.27. The zero-order valence-corrected chi connectivity index (χ0v) is 8.26. The standard InChI is InChI=1S/C10H19NO/c1-7(2)8(3)10(12)4-9-5-11-6-9/h7-9,11H,4-6H2,1-3H3/t8-/m1/s1. The number of nitrogens with one attached hydrogen (secondary N) is 1. The van der Waals surface area contributed by atoms with Crippen molar-refractivity contribution in [2.24, 2.45) is 17.8 Å². The van der Waals surface area contributed by atoms with Gasteiger partial charge >= 0.3 is 0 Å². The van der Waals surface area contributed by atoms with Crippen LogP contribution in [0.4, 0.5) is 0 Å². The van der Waals surface area contributed by atoms with Gasteiger partial charge < -0.3 is 5.32 Å². The van der Waals surface area contributed by atoms with E-state index in [1.165, 1.54) is 0 Å². The summed E-state index contributed by atoms with van der Waals surface area (Å²) in [5, 5.41) is 3.18. The molecular formula is C10H19NO. The quantitative estimate of drug-likeness (QED) is 0.690. The highest BCUT2D eigenvalue weighted by atomic mass is 16.1. The Labute approximate surface area is 74.7 Å². The molecule has 0 saturated carbocycles. The van der Waals surface area contributed by atoms with E-state index >= 15 is 0 Å². The van der Waals surface area contributed by atoms with Crippen molar-refractivity contribution in [1.29, 1.82) is 0 Å². The predicted octanol–water partition coefficient (Wildman–Crippen LogP) is 1.46. The van der Waals surface area contributed by atoms with Crippen molar-refractivity contribution in [1.82, 2.24) is 5.32 Å². The Morgan fingerprint density at radius 2 is 2.00 bits per heavy atom. The molecular weight excluding hydrogens is 150 g/mol. The number of carbonyl (C=O) groups is 1. The van der Waals surface area contributed by atoms with Crippen LogP contribution in [0.1, 0.15) is 27.2 Å². The lowest BCUT2D eigenvalue weighted by Crippen LogP contribution is -2.43. The molecule has 0 bridgehead atoms. The first-order chi connectivity index (χ1) is 5.61. The Kier molecular flexibility index (Phi) is 3.27. The third-order valence-electron chi connectivity index (χ3n) is 2.86. The molecule has 1 heterocycles. The number of Topliss-reactive ketones (excluding diaryl/α,β-unsaturated/α-hetero) is 1. The van der Waals surface area contributed by atoms with Crippen LogP contribution in [-0.2, 0) is 4.79 Å². The van der Waals surface area contributed by atoms with E-state index in [1.54, 1.807) is 0 Å². The van der Waals surface area contributed by atoms with E-state index in [9.17, 15) is 4.79 Å². The van der Waals surface area contributed by atoms with Gasteiger partial charge in [0.1, 0.15) is 5.78 Å². The Hall–Kier alpha value is -0.370. The first-order valence-electron chi connectivity index (χ1n) is 4.84. The fourth-order valence-electron chi connectivity index (χ4n) is 1.33. The van der Waals surface area contributed by atoms with Crippen molar-refractivity contribution in [3.8, 4) is 0 Å². The zero-order chi connectivity index (χ0) is 9.14. The molecule has 0 radical (unpaired) electrons. The van der Waals surface area contributed by atoms with E-state index in [0.29, 0.717) is 17.6 Å². The minimum atomic E-state index is 0.241. The maximum Gasteiger partial charge on any atom is 0.136 e. The minimum absolute atomic E-state index is 0.241. The lowest BCUT2D eigenvalue weighted by atomic mass is 9.86. The molecule has 2 nitrogen and oxygen atoms in total. The van der Waals surface area contributed by atoms with E-state index in [4.69, 9.17) is 0 Å². The van der Waals surface area contributed by atoms with E-state index in [0.717, 1.165) is 19.5 Å². The Morgan fingerprint density at radius 1 is 1.42 bits per heavy atom. The highest BCUT2D eigenvalue weighted by Crippen LogP contribution is 2.17. The Balaban J connectivity index is 2.26. The highest BCUT2D eigenvalue weighted by Gasteiger charge is 2.24. The van der Waals surface area contributed by atoms with Crippen LogP contribution in [-0.4, -0.2) is 18.9 Å². The van der Waals surface area contributed by atoms with Gasteiger partial charge in [0.05, 0.1) is 0 Å². The van der Waals surface area contributed by atoms with Gasteiger partial charge in [0, 0.05) is 12.3 Å². The summed E-state index contributed by atoms with van der Waals surface area (Å²) < 4.78 is 0. The molecule has 1 aliphatic rings. The van der Waals surface area contributed by atoms with E-state index in [2.05, 4.69) is 19.2 Å². The first kappa shape index (κ1) is 9.72. The molecule has 2 heteroatoms. The molecule has 1 saturated heterocycles. The average Bonchev–Trinajstić information content (AvgIpc) is 1.94. The number of rotatable bonds is 4. The second kappa shape index (κ2) is 4.04. The van der Waals surface area contributed by atoms with Crippen LogP contribution in [0.25, 0.3) is 0 Å². The lowest BCUT2D eigenvalue weighted by molar-refractivity contribution is -0.124. The number of ketones is 1. The van der Waals surface area contributed by atoms with E-state index in [1.807, 2.05) is 6.92 Å².